The van der Waals surface area contributed by atoms with Crippen molar-refractivity contribution in [1.29, 1.82) is 0 Å². The highest BCUT2D eigenvalue weighted by atomic mass is 16.6. The van der Waals surface area contributed by atoms with Crippen molar-refractivity contribution in [3.63, 3.8) is 0 Å². The maximum absolute atomic E-state index is 12.1. The number of non-ortho nitro benzene ring substituents is 1. The van der Waals surface area contributed by atoms with E-state index in [0.29, 0.717) is 5.82 Å². The molecule has 3 rings (SSSR count). The van der Waals surface area contributed by atoms with Crippen LogP contribution in [0.4, 0.5) is 11.6 Å². The van der Waals surface area contributed by atoms with E-state index in [1.165, 1.54) is 24.3 Å². The number of hydrogen-bond acceptors (Lipinski definition) is 5. The number of H-pyrrole nitrogens is 1. The molecule has 0 spiro atoms. The summed E-state index contributed by atoms with van der Waals surface area (Å²) in [4.78, 5) is 26.5. The van der Waals surface area contributed by atoms with E-state index in [-0.39, 0.29) is 17.2 Å². The molecule has 0 atom stereocenters. The van der Waals surface area contributed by atoms with Crippen LogP contribution in [0.1, 0.15) is 10.4 Å². The number of aromatic nitrogens is 3. The van der Waals surface area contributed by atoms with Gasteiger partial charge in [-0.05, 0) is 6.07 Å². The summed E-state index contributed by atoms with van der Waals surface area (Å²) in [6.45, 7) is 0. The summed E-state index contributed by atoms with van der Waals surface area (Å²) in [6.07, 6.45) is 0. The molecule has 0 bridgehead atoms. The summed E-state index contributed by atoms with van der Waals surface area (Å²) in [5.41, 5.74) is 0.832. The number of nitrogens with zero attached hydrogens (tertiary/aromatic N) is 3. The monoisotopic (exact) mass is 309 g/mol. The molecule has 0 saturated heterocycles. The van der Waals surface area contributed by atoms with E-state index in [0.717, 1.165) is 5.56 Å². The quantitative estimate of drug-likeness (QED) is 0.568. The van der Waals surface area contributed by atoms with E-state index in [1.807, 2.05) is 30.3 Å². The average molecular weight is 309 g/mol. The van der Waals surface area contributed by atoms with Crippen molar-refractivity contribution in [2.75, 3.05) is 5.32 Å². The third kappa shape index (κ3) is 3.21. The second kappa shape index (κ2) is 6.06. The van der Waals surface area contributed by atoms with Crippen LogP contribution in [0.25, 0.3) is 11.4 Å². The fraction of sp³-hybridized carbons (Fsp3) is 0. The first-order chi connectivity index (χ1) is 11.1. The third-order valence-electron chi connectivity index (χ3n) is 3.08. The number of rotatable bonds is 4. The molecule has 1 amide bonds. The van der Waals surface area contributed by atoms with Gasteiger partial charge in [0.15, 0.2) is 5.82 Å². The van der Waals surface area contributed by atoms with Gasteiger partial charge in [-0.1, -0.05) is 36.4 Å². The van der Waals surface area contributed by atoms with Gasteiger partial charge in [-0.2, -0.15) is 4.98 Å². The zero-order chi connectivity index (χ0) is 16.2. The second-order valence-electron chi connectivity index (χ2n) is 4.64. The number of hydrogen-bond donors (Lipinski definition) is 2. The topological polar surface area (TPSA) is 114 Å². The lowest BCUT2D eigenvalue weighted by molar-refractivity contribution is -0.384. The summed E-state index contributed by atoms with van der Waals surface area (Å²) >= 11 is 0. The average Bonchev–Trinajstić information content (AvgIpc) is 3.04. The van der Waals surface area contributed by atoms with Crippen molar-refractivity contribution in [3.8, 4) is 11.4 Å². The molecule has 23 heavy (non-hydrogen) atoms. The maximum atomic E-state index is 12.1. The maximum Gasteiger partial charge on any atom is 0.270 e. The van der Waals surface area contributed by atoms with Crippen molar-refractivity contribution in [2.45, 2.75) is 0 Å². The smallest absolute Gasteiger partial charge is 0.270 e. The summed E-state index contributed by atoms with van der Waals surface area (Å²) in [5, 5.41) is 19.9. The van der Waals surface area contributed by atoms with Gasteiger partial charge in [0.1, 0.15) is 0 Å². The first-order valence-electron chi connectivity index (χ1n) is 6.67. The molecule has 0 unspecified atom stereocenters. The number of nitro benzene ring substituents is 1. The number of aromatic amines is 1. The third-order valence-corrected chi connectivity index (χ3v) is 3.08. The van der Waals surface area contributed by atoms with Crippen LogP contribution in [0.2, 0.25) is 0 Å². The van der Waals surface area contributed by atoms with Gasteiger partial charge in [-0.25, -0.2) is 0 Å². The Bertz CT molecular complexity index is 860. The van der Waals surface area contributed by atoms with Gasteiger partial charge in [0.05, 0.1) is 4.92 Å². The minimum absolute atomic E-state index is 0.0976. The zero-order valence-electron chi connectivity index (χ0n) is 11.8. The fourth-order valence-corrected chi connectivity index (χ4v) is 1.98. The van der Waals surface area contributed by atoms with E-state index in [9.17, 15) is 14.9 Å². The molecular weight excluding hydrogens is 298 g/mol. The summed E-state index contributed by atoms with van der Waals surface area (Å²) < 4.78 is 0. The number of benzene rings is 2. The van der Waals surface area contributed by atoms with Gasteiger partial charge in [0, 0.05) is 23.3 Å². The first-order valence-corrected chi connectivity index (χ1v) is 6.67. The Morgan fingerprint density at radius 1 is 1.13 bits per heavy atom. The van der Waals surface area contributed by atoms with Crippen LogP contribution in [0.15, 0.2) is 54.6 Å². The van der Waals surface area contributed by atoms with E-state index in [1.54, 1.807) is 0 Å². The molecular formula is C15H11N5O3. The largest absolute Gasteiger partial charge is 0.289 e. The fourth-order valence-electron chi connectivity index (χ4n) is 1.98. The predicted molar refractivity (Wildman–Crippen MR) is 82.9 cm³/mol. The van der Waals surface area contributed by atoms with Crippen LogP contribution < -0.4 is 5.32 Å². The van der Waals surface area contributed by atoms with Gasteiger partial charge >= 0.3 is 0 Å². The second-order valence-corrected chi connectivity index (χ2v) is 4.64. The summed E-state index contributed by atoms with van der Waals surface area (Å²) in [7, 11) is 0. The highest BCUT2D eigenvalue weighted by molar-refractivity contribution is 6.03. The van der Waals surface area contributed by atoms with E-state index >= 15 is 0 Å². The molecule has 114 valence electrons. The van der Waals surface area contributed by atoms with E-state index in [2.05, 4.69) is 20.5 Å². The van der Waals surface area contributed by atoms with Gasteiger partial charge < -0.3 is 0 Å². The highest BCUT2D eigenvalue weighted by Gasteiger charge is 2.14. The Kier molecular flexibility index (Phi) is 3.79. The molecule has 2 N–H and O–H groups in total. The van der Waals surface area contributed by atoms with Crippen LogP contribution in [0.5, 0.6) is 0 Å². The van der Waals surface area contributed by atoms with Gasteiger partial charge in [0.25, 0.3) is 11.6 Å². The number of anilines is 1. The van der Waals surface area contributed by atoms with E-state index < -0.39 is 10.8 Å². The predicted octanol–water partition coefficient (Wildman–Crippen LogP) is 2.63. The molecule has 3 aromatic rings. The molecule has 0 aliphatic carbocycles. The Labute approximate surface area is 130 Å². The number of carbonyl (C=O) groups is 1. The SMILES string of the molecule is O=C(Nc1n[nH]c(-c2ccccc2)n1)c1cccc([N+](=O)[O-])c1. The number of nitro groups is 1. The van der Waals surface area contributed by atoms with Crippen LogP contribution >= 0.6 is 0 Å². The standard InChI is InChI=1S/C15H11N5O3/c21-14(11-7-4-8-12(9-11)20(22)23)17-15-16-13(18-19-15)10-5-2-1-3-6-10/h1-9H,(H2,16,17,18,19,21). The molecule has 1 heterocycles. The van der Waals surface area contributed by atoms with Gasteiger partial charge in [-0.15, -0.1) is 5.10 Å². The van der Waals surface area contributed by atoms with Crippen LogP contribution in [0.3, 0.4) is 0 Å². The van der Waals surface area contributed by atoms with Crippen LogP contribution in [-0.4, -0.2) is 26.0 Å². The Balaban J connectivity index is 1.77. The van der Waals surface area contributed by atoms with Crippen LogP contribution in [0, 0.1) is 10.1 Å². The molecule has 8 nitrogen and oxygen atoms in total. The van der Waals surface area contributed by atoms with Crippen molar-refractivity contribution < 1.29 is 9.72 Å². The molecule has 0 saturated carbocycles. The van der Waals surface area contributed by atoms with Crippen molar-refractivity contribution in [3.05, 3.63) is 70.3 Å². The number of amides is 1. The number of nitrogens with one attached hydrogen (secondary N) is 2. The zero-order valence-corrected chi connectivity index (χ0v) is 11.8. The summed E-state index contributed by atoms with van der Waals surface area (Å²) in [6, 6.07) is 14.7. The lowest BCUT2D eigenvalue weighted by atomic mass is 10.2. The van der Waals surface area contributed by atoms with Crippen molar-refractivity contribution in [2.24, 2.45) is 0 Å². The van der Waals surface area contributed by atoms with Crippen molar-refractivity contribution >= 4 is 17.5 Å². The van der Waals surface area contributed by atoms with E-state index in [4.69, 9.17) is 0 Å². The summed E-state index contributed by atoms with van der Waals surface area (Å²) in [5.74, 6) is 0.0904. The lowest BCUT2D eigenvalue weighted by Gasteiger charge is -2.00. The Hall–Kier alpha value is -3.55. The Morgan fingerprint density at radius 3 is 2.65 bits per heavy atom. The normalized spacial score (nSPS) is 10.3. The molecule has 8 heteroatoms. The lowest BCUT2D eigenvalue weighted by Crippen LogP contribution is -2.13. The Morgan fingerprint density at radius 2 is 1.91 bits per heavy atom. The molecule has 0 aliphatic rings. The minimum Gasteiger partial charge on any atom is -0.289 e. The molecule has 0 fully saturated rings. The first kappa shape index (κ1) is 14.4. The van der Waals surface area contributed by atoms with Gasteiger partial charge in [-0.3, -0.25) is 25.3 Å². The van der Waals surface area contributed by atoms with Crippen molar-refractivity contribution in [1.82, 2.24) is 15.2 Å². The minimum atomic E-state index is -0.558. The number of carbonyl (C=O) groups excluding carboxylic acids is 1. The molecule has 0 radical (unpaired) electrons. The molecule has 2 aromatic carbocycles. The molecule has 0 aliphatic heterocycles. The van der Waals surface area contributed by atoms with Crippen LogP contribution in [-0.2, 0) is 0 Å². The molecule has 1 aromatic heterocycles. The highest BCUT2D eigenvalue weighted by Crippen LogP contribution is 2.17. The van der Waals surface area contributed by atoms with Gasteiger partial charge in [0.2, 0.25) is 5.95 Å².